The number of rotatable bonds is 7. The Morgan fingerprint density at radius 3 is 2.56 bits per heavy atom. The molecule has 0 spiro atoms. The summed E-state index contributed by atoms with van der Waals surface area (Å²) in [5.74, 6) is 1.73. The molecule has 0 unspecified atom stereocenters. The van der Waals surface area contributed by atoms with Crippen molar-refractivity contribution in [2.45, 2.75) is 13.0 Å². The van der Waals surface area contributed by atoms with Crippen LogP contribution in [0.1, 0.15) is 18.8 Å². The van der Waals surface area contributed by atoms with E-state index in [9.17, 15) is 5.11 Å². The Morgan fingerprint density at radius 2 is 1.84 bits per heavy atom. The molecule has 1 N–H and O–H groups in total. The summed E-state index contributed by atoms with van der Waals surface area (Å²) in [5, 5.41) is 21.4. The van der Waals surface area contributed by atoms with Crippen LogP contribution in [0.3, 0.4) is 0 Å². The van der Waals surface area contributed by atoms with Crippen LogP contribution in [0, 0.1) is 0 Å². The van der Waals surface area contributed by atoms with Crippen LogP contribution in [0.15, 0.2) is 54.6 Å². The summed E-state index contributed by atoms with van der Waals surface area (Å²) < 4.78 is 7.45. The average molecular weight is 339 g/mol. The van der Waals surface area contributed by atoms with E-state index in [1.54, 1.807) is 28.9 Å². The summed E-state index contributed by atoms with van der Waals surface area (Å²) in [6.45, 7) is 3.30. The van der Waals surface area contributed by atoms with Gasteiger partial charge in [-0.05, 0) is 60.8 Å². The molecule has 2 aromatic carbocycles. The molecule has 0 saturated heterocycles. The predicted molar refractivity (Wildman–Crippen MR) is 93.8 cm³/mol. The fourth-order valence-electron chi connectivity index (χ4n) is 2.45. The molecule has 0 amide bonds. The monoisotopic (exact) mass is 339 g/mol. The summed E-state index contributed by atoms with van der Waals surface area (Å²) in [7, 11) is 2.01. The number of para-hydroxylation sites is 1. The van der Waals surface area contributed by atoms with Gasteiger partial charge in [-0.3, -0.25) is 4.90 Å². The second-order valence-corrected chi connectivity index (χ2v) is 5.78. The molecule has 3 rings (SSSR count). The van der Waals surface area contributed by atoms with E-state index in [1.807, 2.05) is 37.4 Å². The maximum absolute atomic E-state index is 9.28. The number of ether oxygens (including phenoxy) is 1. The molecule has 0 bridgehead atoms. The summed E-state index contributed by atoms with van der Waals surface area (Å²) in [6.07, 6.45) is 0. The van der Waals surface area contributed by atoms with E-state index in [0.717, 1.165) is 17.3 Å². The molecule has 0 aliphatic rings. The van der Waals surface area contributed by atoms with Gasteiger partial charge in [0.25, 0.3) is 0 Å². The predicted octanol–water partition coefficient (Wildman–Crippen LogP) is 2.44. The third kappa shape index (κ3) is 4.13. The van der Waals surface area contributed by atoms with Crippen molar-refractivity contribution < 1.29 is 9.84 Å². The molecular formula is C18H21N5O2. The lowest BCUT2D eigenvalue weighted by Gasteiger charge is -2.23. The number of hydrogen-bond acceptors (Lipinski definition) is 6. The number of phenols is 1. The minimum absolute atomic E-state index is 0.0265. The Balaban J connectivity index is 1.60. The molecule has 0 radical (unpaired) electrons. The number of tetrazole rings is 1. The van der Waals surface area contributed by atoms with Crippen molar-refractivity contribution in [3.05, 3.63) is 60.4 Å². The van der Waals surface area contributed by atoms with Gasteiger partial charge < -0.3 is 9.84 Å². The summed E-state index contributed by atoms with van der Waals surface area (Å²) >= 11 is 0. The second-order valence-electron chi connectivity index (χ2n) is 5.78. The Kier molecular flexibility index (Phi) is 5.25. The number of likely N-dealkylation sites (N-methyl/N-ethyl adjacent to an activating group) is 1. The highest BCUT2D eigenvalue weighted by molar-refractivity contribution is 5.31. The molecule has 3 aromatic rings. The highest BCUT2D eigenvalue weighted by atomic mass is 16.5. The van der Waals surface area contributed by atoms with Crippen molar-refractivity contribution in [1.82, 2.24) is 25.1 Å². The molecule has 0 aliphatic carbocycles. The highest BCUT2D eigenvalue weighted by Gasteiger charge is 2.19. The van der Waals surface area contributed by atoms with Crippen LogP contribution in [-0.2, 0) is 0 Å². The average Bonchev–Trinajstić information content (AvgIpc) is 3.13. The lowest BCUT2D eigenvalue weighted by atomic mass is 10.2. The minimum Gasteiger partial charge on any atom is -0.508 e. The zero-order valence-electron chi connectivity index (χ0n) is 14.3. The van der Waals surface area contributed by atoms with Crippen molar-refractivity contribution in [2.24, 2.45) is 0 Å². The van der Waals surface area contributed by atoms with Gasteiger partial charge in [-0.25, -0.2) is 0 Å². The van der Waals surface area contributed by atoms with Gasteiger partial charge in [0.2, 0.25) is 0 Å². The molecule has 130 valence electrons. The van der Waals surface area contributed by atoms with Crippen molar-refractivity contribution in [3.63, 3.8) is 0 Å². The third-order valence-corrected chi connectivity index (χ3v) is 4.08. The molecule has 7 heteroatoms. The van der Waals surface area contributed by atoms with Crippen molar-refractivity contribution in [3.8, 4) is 17.2 Å². The maximum atomic E-state index is 9.28. The lowest BCUT2D eigenvalue weighted by molar-refractivity contribution is 0.194. The Bertz CT molecular complexity index is 789. The van der Waals surface area contributed by atoms with E-state index in [0.29, 0.717) is 13.2 Å². The molecule has 0 fully saturated rings. The highest BCUT2D eigenvalue weighted by Crippen LogP contribution is 2.19. The zero-order chi connectivity index (χ0) is 17.6. The molecule has 0 aliphatic heterocycles. The number of nitrogens with zero attached hydrogens (tertiary/aromatic N) is 5. The van der Waals surface area contributed by atoms with Crippen LogP contribution in [0.2, 0.25) is 0 Å². The molecular weight excluding hydrogens is 318 g/mol. The number of aromatic hydroxyl groups is 1. The van der Waals surface area contributed by atoms with Crippen molar-refractivity contribution in [1.29, 1.82) is 0 Å². The first-order valence-electron chi connectivity index (χ1n) is 8.11. The van der Waals surface area contributed by atoms with Crippen molar-refractivity contribution in [2.75, 3.05) is 20.2 Å². The Morgan fingerprint density at radius 1 is 1.12 bits per heavy atom. The van der Waals surface area contributed by atoms with Crippen LogP contribution in [0.4, 0.5) is 0 Å². The molecule has 25 heavy (non-hydrogen) atoms. The first-order chi connectivity index (χ1) is 12.1. The van der Waals surface area contributed by atoms with Gasteiger partial charge in [0, 0.05) is 6.54 Å². The Hall–Kier alpha value is -2.93. The van der Waals surface area contributed by atoms with Crippen LogP contribution in [-0.4, -0.2) is 50.4 Å². The van der Waals surface area contributed by atoms with Gasteiger partial charge >= 0.3 is 0 Å². The molecule has 1 atom stereocenters. The van der Waals surface area contributed by atoms with E-state index in [2.05, 4.69) is 27.3 Å². The summed E-state index contributed by atoms with van der Waals surface area (Å²) in [5.41, 5.74) is 0.933. The number of aromatic nitrogens is 4. The van der Waals surface area contributed by atoms with E-state index >= 15 is 0 Å². The lowest BCUT2D eigenvalue weighted by Crippen LogP contribution is -2.29. The van der Waals surface area contributed by atoms with Crippen LogP contribution < -0.4 is 4.74 Å². The van der Waals surface area contributed by atoms with Crippen LogP contribution in [0.5, 0.6) is 11.5 Å². The summed E-state index contributed by atoms with van der Waals surface area (Å²) in [4.78, 5) is 2.13. The molecule has 1 heterocycles. The van der Waals surface area contributed by atoms with Gasteiger partial charge in [-0.1, -0.05) is 18.2 Å². The topological polar surface area (TPSA) is 76.3 Å². The Labute approximate surface area is 146 Å². The fourth-order valence-corrected chi connectivity index (χ4v) is 2.45. The largest absolute Gasteiger partial charge is 0.508 e. The van der Waals surface area contributed by atoms with E-state index < -0.39 is 0 Å². The maximum Gasteiger partial charge on any atom is 0.173 e. The van der Waals surface area contributed by atoms with Gasteiger partial charge in [-0.15, -0.1) is 5.10 Å². The SMILES string of the molecule is C[C@@H](c1nnnn1-c1ccccc1)N(C)CCOc1ccc(O)cc1. The fraction of sp³-hybridized carbons (Fsp3) is 0.278. The van der Waals surface area contributed by atoms with Gasteiger partial charge in [-0.2, -0.15) is 4.68 Å². The normalized spacial score (nSPS) is 12.3. The summed E-state index contributed by atoms with van der Waals surface area (Å²) in [6, 6.07) is 16.6. The van der Waals surface area contributed by atoms with Crippen LogP contribution >= 0.6 is 0 Å². The zero-order valence-corrected chi connectivity index (χ0v) is 14.3. The van der Waals surface area contributed by atoms with Gasteiger partial charge in [0.1, 0.15) is 18.1 Å². The van der Waals surface area contributed by atoms with E-state index in [4.69, 9.17) is 4.74 Å². The van der Waals surface area contributed by atoms with Crippen LogP contribution in [0.25, 0.3) is 5.69 Å². The quantitative estimate of drug-likeness (QED) is 0.712. The van der Waals surface area contributed by atoms with Gasteiger partial charge in [0.05, 0.1) is 11.7 Å². The van der Waals surface area contributed by atoms with Gasteiger partial charge in [0.15, 0.2) is 5.82 Å². The third-order valence-electron chi connectivity index (χ3n) is 4.08. The molecule has 7 nitrogen and oxygen atoms in total. The molecule has 1 aromatic heterocycles. The minimum atomic E-state index is 0.0265. The second kappa shape index (κ2) is 7.76. The first-order valence-corrected chi connectivity index (χ1v) is 8.11. The smallest absolute Gasteiger partial charge is 0.173 e. The van der Waals surface area contributed by atoms with Crippen molar-refractivity contribution >= 4 is 0 Å². The number of phenolic OH excluding ortho intramolecular Hbond substituents is 1. The number of hydrogen-bond donors (Lipinski definition) is 1. The molecule has 0 saturated carbocycles. The first kappa shape index (κ1) is 16.9. The number of benzene rings is 2. The standard InChI is InChI=1S/C18H21N5O2/c1-14(18-19-20-21-23(18)15-6-4-3-5-7-15)22(2)12-13-25-17-10-8-16(24)9-11-17/h3-11,14,24H,12-13H2,1-2H3/t14-/m0/s1. The van der Waals surface area contributed by atoms with E-state index in [1.165, 1.54) is 0 Å². The van der Waals surface area contributed by atoms with E-state index in [-0.39, 0.29) is 11.8 Å².